The summed E-state index contributed by atoms with van der Waals surface area (Å²) >= 11 is 0. The molecule has 0 aromatic rings. The fourth-order valence-corrected chi connectivity index (χ4v) is 10.2. The van der Waals surface area contributed by atoms with Gasteiger partial charge in [-0.05, 0) is 19.3 Å². The first-order valence-electron chi connectivity index (χ1n) is 32.5. The maximum atomic E-state index is 12.8. The summed E-state index contributed by atoms with van der Waals surface area (Å²) in [5, 5.41) is 0. The molecule has 0 aliphatic carbocycles. The van der Waals surface area contributed by atoms with Gasteiger partial charge in [-0.1, -0.05) is 342 Å². The van der Waals surface area contributed by atoms with E-state index in [9.17, 15) is 14.4 Å². The number of unbranched alkanes of at least 4 members (excludes halogenated alkanes) is 50. The fourth-order valence-electron chi connectivity index (χ4n) is 10.2. The normalized spacial score (nSPS) is 11.9. The minimum atomic E-state index is -0.760. The Morgan fingerprint density at radius 1 is 0.225 bits per heavy atom. The Balaban J connectivity index is 3.90. The SMILES string of the molecule is CCCCCCCCCCCCCCCCCCCCCCCCCCCCCCCCCC(=O)OCC(COC(=O)CCCCCCCC)OC(=O)CCCCCCCCCCCCCCCCCC. The summed E-state index contributed by atoms with van der Waals surface area (Å²) in [4.78, 5) is 37.9. The second-order valence-electron chi connectivity index (χ2n) is 22.4. The molecule has 0 amide bonds. The molecule has 0 saturated carbocycles. The van der Waals surface area contributed by atoms with Gasteiger partial charge in [0.25, 0.3) is 0 Å². The molecule has 0 aliphatic heterocycles. The Bertz CT molecular complexity index is 1060. The molecular formula is C65H126O6. The van der Waals surface area contributed by atoms with Crippen molar-refractivity contribution < 1.29 is 28.6 Å². The Hall–Kier alpha value is -1.59. The molecule has 0 aliphatic rings. The number of esters is 3. The maximum absolute atomic E-state index is 12.8. The summed E-state index contributed by atoms with van der Waals surface area (Å²) in [7, 11) is 0. The Labute approximate surface area is 444 Å². The minimum absolute atomic E-state index is 0.0621. The zero-order valence-electron chi connectivity index (χ0n) is 48.5. The molecule has 0 aromatic carbocycles. The highest BCUT2D eigenvalue weighted by Crippen LogP contribution is 2.19. The van der Waals surface area contributed by atoms with Crippen molar-refractivity contribution in [2.24, 2.45) is 0 Å². The first kappa shape index (κ1) is 69.4. The average Bonchev–Trinajstić information content (AvgIpc) is 3.37. The Morgan fingerprint density at radius 3 is 0.563 bits per heavy atom. The highest BCUT2D eigenvalue weighted by molar-refractivity contribution is 5.71. The number of ether oxygens (including phenoxy) is 3. The molecule has 1 atom stereocenters. The Morgan fingerprint density at radius 2 is 0.380 bits per heavy atom. The highest BCUT2D eigenvalue weighted by Gasteiger charge is 2.19. The summed E-state index contributed by atoms with van der Waals surface area (Å²) < 4.78 is 16.8. The van der Waals surface area contributed by atoms with Crippen LogP contribution in [-0.4, -0.2) is 37.2 Å². The molecule has 0 fully saturated rings. The van der Waals surface area contributed by atoms with Crippen LogP contribution in [-0.2, 0) is 28.6 Å². The number of rotatable bonds is 61. The van der Waals surface area contributed by atoms with Crippen molar-refractivity contribution in [2.75, 3.05) is 13.2 Å². The van der Waals surface area contributed by atoms with Crippen LogP contribution in [0.25, 0.3) is 0 Å². The lowest BCUT2D eigenvalue weighted by atomic mass is 10.0. The van der Waals surface area contributed by atoms with Gasteiger partial charge in [-0.25, -0.2) is 0 Å². The van der Waals surface area contributed by atoms with E-state index in [-0.39, 0.29) is 31.1 Å². The van der Waals surface area contributed by atoms with E-state index in [0.717, 1.165) is 57.8 Å². The molecule has 0 radical (unpaired) electrons. The van der Waals surface area contributed by atoms with Crippen LogP contribution in [0.5, 0.6) is 0 Å². The molecule has 0 spiro atoms. The average molecular weight is 1000 g/mol. The van der Waals surface area contributed by atoms with Gasteiger partial charge in [0.15, 0.2) is 6.10 Å². The molecule has 0 bridgehead atoms. The predicted octanol–water partition coefficient (Wildman–Crippen LogP) is 21.9. The van der Waals surface area contributed by atoms with Gasteiger partial charge < -0.3 is 14.2 Å². The van der Waals surface area contributed by atoms with E-state index in [1.54, 1.807) is 0 Å². The van der Waals surface area contributed by atoms with Gasteiger partial charge in [-0.15, -0.1) is 0 Å². The molecule has 6 nitrogen and oxygen atoms in total. The van der Waals surface area contributed by atoms with E-state index < -0.39 is 6.10 Å². The van der Waals surface area contributed by atoms with Gasteiger partial charge in [-0.2, -0.15) is 0 Å². The van der Waals surface area contributed by atoms with Crippen molar-refractivity contribution in [2.45, 2.75) is 386 Å². The summed E-state index contributed by atoms with van der Waals surface area (Å²) in [5.41, 5.74) is 0. The third kappa shape index (κ3) is 59.2. The van der Waals surface area contributed by atoms with Gasteiger partial charge >= 0.3 is 17.9 Å². The van der Waals surface area contributed by atoms with Crippen LogP contribution < -0.4 is 0 Å². The summed E-state index contributed by atoms with van der Waals surface area (Å²) in [6.07, 6.45) is 70.3. The largest absolute Gasteiger partial charge is 0.462 e. The molecule has 0 N–H and O–H groups in total. The van der Waals surface area contributed by atoms with Crippen LogP contribution in [0.1, 0.15) is 380 Å². The van der Waals surface area contributed by atoms with Crippen LogP contribution in [0.2, 0.25) is 0 Å². The quantitative estimate of drug-likeness (QED) is 0.0343. The number of carbonyl (C=O) groups excluding carboxylic acids is 3. The van der Waals surface area contributed by atoms with Crippen LogP contribution in [0.3, 0.4) is 0 Å². The van der Waals surface area contributed by atoms with Crippen molar-refractivity contribution in [1.82, 2.24) is 0 Å². The zero-order valence-corrected chi connectivity index (χ0v) is 48.5. The van der Waals surface area contributed by atoms with Gasteiger partial charge in [0.05, 0.1) is 0 Å². The molecular weight excluding hydrogens is 877 g/mol. The number of carbonyl (C=O) groups is 3. The summed E-state index contributed by atoms with van der Waals surface area (Å²) in [6, 6.07) is 0. The van der Waals surface area contributed by atoms with Crippen molar-refractivity contribution in [3.63, 3.8) is 0 Å². The van der Waals surface area contributed by atoms with Crippen LogP contribution >= 0.6 is 0 Å². The lowest BCUT2D eigenvalue weighted by molar-refractivity contribution is -0.167. The van der Waals surface area contributed by atoms with Gasteiger partial charge in [0.1, 0.15) is 13.2 Å². The van der Waals surface area contributed by atoms with Gasteiger partial charge in [0, 0.05) is 19.3 Å². The van der Waals surface area contributed by atoms with Gasteiger partial charge in [0.2, 0.25) is 0 Å². The molecule has 0 heterocycles. The lowest BCUT2D eigenvalue weighted by Gasteiger charge is -2.18. The summed E-state index contributed by atoms with van der Waals surface area (Å²) in [5.74, 6) is -0.843. The second-order valence-corrected chi connectivity index (χ2v) is 22.4. The molecule has 0 rings (SSSR count). The van der Waals surface area contributed by atoms with Crippen LogP contribution in [0.4, 0.5) is 0 Å². The van der Waals surface area contributed by atoms with Gasteiger partial charge in [-0.3, -0.25) is 14.4 Å². The smallest absolute Gasteiger partial charge is 0.306 e. The first-order valence-corrected chi connectivity index (χ1v) is 32.5. The van der Waals surface area contributed by atoms with Crippen molar-refractivity contribution in [1.29, 1.82) is 0 Å². The van der Waals surface area contributed by atoms with Crippen molar-refractivity contribution in [3.05, 3.63) is 0 Å². The third-order valence-corrected chi connectivity index (χ3v) is 15.1. The second kappa shape index (κ2) is 61.0. The molecule has 0 aromatic heterocycles. The maximum Gasteiger partial charge on any atom is 0.306 e. The van der Waals surface area contributed by atoms with E-state index in [2.05, 4.69) is 20.8 Å². The Kier molecular flexibility index (Phi) is 59.6. The topological polar surface area (TPSA) is 78.9 Å². The molecule has 422 valence electrons. The predicted molar refractivity (Wildman–Crippen MR) is 307 cm³/mol. The lowest BCUT2D eigenvalue weighted by Crippen LogP contribution is -2.30. The molecule has 0 saturated heterocycles. The zero-order chi connectivity index (χ0) is 51.4. The van der Waals surface area contributed by atoms with E-state index in [1.165, 1.54) is 283 Å². The van der Waals surface area contributed by atoms with Crippen LogP contribution in [0.15, 0.2) is 0 Å². The minimum Gasteiger partial charge on any atom is -0.462 e. The van der Waals surface area contributed by atoms with Crippen LogP contribution in [0, 0.1) is 0 Å². The number of hydrogen-bond acceptors (Lipinski definition) is 6. The summed E-state index contributed by atoms with van der Waals surface area (Å²) in [6.45, 7) is 6.66. The van der Waals surface area contributed by atoms with Crippen molar-refractivity contribution in [3.8, 4) is 0 Å². The van der Waals surface area contributed by atoms with Crippen molar-refractivity contribution >= 4 is 17.9 Å². The first-order chi connectivity index (χ1) is 35.0. The molecule has 71 heavy (non-hydrogen) atoms. The highest BCUT2D eigenvalue weighted by atomic mass is 16.6. The number of hydrogen-bond donors (Lipinski definition) is 0. The van der Waals surface area contributed by atoms with E-state index in [0.29, 0.717) is 19.3 Å². The monoisotopic (exact) mass is 1000 g/mol. The van der Waals surface area contributed by atoms with E-state index >= 15 is 0 Å². The fraction of sp³-hybridized carbons (Fsp3) is 0.954. The third-order valence-electron chi connectivity index (χ3n) is 15.1. The molecule has 6 heteroatoms. The van der Waals surface area contributed by atoms with E-state index in [1.807, 2.05) is 0 Å². The molecule has 1 unspecified atom stereocenters. The standard InChI is InChI=1S/C65H126O6/c1-4-7-10-13-16-18-20-22-24-26-27-28-29-30-31-32-33-34-35-36-37-38-39-40-42-43-45-47-49-52-55-58-64(67)70-61-62(60-69-63(66)57-54-51-15-12-9-6-3)71-65(68)59-56-53-50-48-46-44-41-25-23-21-19-17-14-11-8-5-2/h62H,4-61H2,1-3H3. The van der Waals surface area contributed by atoms with E-state index in [4.69, 9.17) is 14.2 Å².